The van der Waals surface area contributed by atoms with Gasteiger partial charge in [-0.2, -0.15) is 5.10 Å². The molecule has 192 valence electrons. The Labute approximate surface area is 211 Å². The second-order valence-electron chi connectivity index (χ2n) is 9.11. The van der Waals surface area contributed by atoms with Gasteiger partial charge in [0.2, 0.25) is 0 Å². The monoisotopic (exact) mass is 511 g/mol. The molecule has 2 aromatic carbocycles. The second kappa shape index (κ2) is 10.0. The number of halogens is 3. The third-order valence-electron chi connectivity index (χ3n) is 5.78. The molecule has 1 unspecified atom stereocenters. The normalized spacial score (nSPS) is 17.5. The van der Waals surface area contributed by atoms with E-state index >= 15 is 0 Å². The molecule has 0 saturated carbocycles. The number of aliphatic hydroxyl groups excluding tert-OH is 1. The molecule has 7 nitrogen and oxygen atoms in total. The van der Waals surface area contributed by atoms with Crippen molar-refractivity contribution >= 4 is 23.3 Å². The highest BCUT2D eigenvalue weighted by Crippen LogP contribution is 2.42. The van der Waals surface area contributed by atoms with Crippen LogP contribution in [-0.2, 0) is 16.0 Å². The van der Waals surface area contributed by atoms with Crippen LogP contribution in [0.2, 0.25) is 0 Å². The van der Waals surface area contributed by atoms with E-state index in [-0.39, 0.29) is 17.0 Å². The van der Waals surface area contributed by atoms with Crippen LogP contribution >= 0.6 is 0 Å². The van der Waals surface area contributed by atoms with Gasteiger partial charge in [-0.15, -0.1) is 18.3 Å². The second-order valence-corrected chi connectivity index (χ2v) is 9.11. The molecule has 1 amide bonds. The molecule has 1 N–H and O–H groups in total. The Kier molecular flexibility index (Phi) is 7.02. The molecule has 1 fully saturated rings. The number of aromatic nitrogens is 2. The Morgan fingerprint density at radius 3 is 2.19 bits per heavy atom. The Bertz CT molecular complexity index is 1330. The number of benzene rings is 2. The maximum Gasteiger partial charge on any atom is 0.573 e. The van der Waals surface area contributed by atoms with E-state index < -0.39 is 35.6 Å². The summed E-state index contributed by atoms with van der Waals surface area (Å²) in [7, 11) is 0. The zero-order valence-corrected chi connectivity index (χ0v) is 20.3. The van der Waals surface area contributed by atoms with Gasteiger partial charge in [0.25, 0.3) is 5.78 Å². The minimum absolute atomic E-state index is 0.0552. The number of carbonyl (C=O) groups excluding carboxylic acids is 2. The van der Waals surface area contributed by atoms with Crippen LogP contribution in [0.25, 0.3) is 5.76 Å². The van der Waals surface area contributed by atoms with Crippen LogP contribution in [0.4, 0.5) is 19.0 Å². The summed E-state index contributed by atoms with van der Waals surface area (Å²) in [5.41, 5.74) is 2.00. The number of ether oxygens (including phenoxy) is 1. The van der Waals surface area contributed by atoms with Crippen molar-refractivity contribution in [2.24, 2.45) is 5.92 Å². The number of aliphatic hydroxyl groups is 1. The van der Waals surface area contributed by atoms with Gasteiger partial charge in [0.15, 0.2) is 5.82 Å². The molecular formula is C27H24F3N3O4. The maximum absolute atomic E-state index is 13.2. The van der Waals surface area contributed by atoms with E-state index in [0.717, 1.165) is 29.0 Å². The molecule has 0 spiro atoms. The smallest absolute Gasteiger partial charge is 0.507 e. The number of ketones is 1. The number of aryl methyl sites for hydroxylation is 1. The first-order valence-electron chi connectivity index (χ1n) is 11.5. The van der Waals surface area contributed by atoms with Gasteiger partial charge in [-0.3, -0.25) is 14.5 Å². The number of hydrogen-bond acceptors (Lipinski definition) is 6. The largest absolute Gasteiger partial charge is 0.573 e. The standard InChI is InChI=1S/C27H24F3N3O4/c1-15(2)14-17-5-7-19(8-6-17)24(34)22-23(18-9-11-20(12-10-18)37-27(28,29)30)33(26(36)25(22)35)21-13-4-16(3)31-32-21/h4-13,15,23,34H,14H2,1-3H3. The van der Waals surface area contributed by atoms with E-state index in [1.807, 2.05) is 12.1 Å². The molecule has 1 aliphatic rings. The maximum atomic E-state index is 13.2. The number of nitrogens with zero attached hydrogens (tertiary/aromatic N) is 3. The first-order chi connectivity index (χ1) is 17.4. The minimum atomic E-state index is -4.88. The molecule has 37 heavy (non-hydrogen) atoms. The molecule has 2 heterocycles. The molecule has 10 heteroatoms. The highest BCUT2D eigenvalue weighted by molar-refractivity contribution is 6.51. The van der Waals surface area contributed by atoms with Crippen LogP contribution in [0.3, 0.4) is 0 Å². The number of anilines is 1. The van der Waals surface area contributed by atoms with Gasteiger partial charge in [-0.1, -0.05) is 50.2 Å². The van der Waals surface area contributed by atoms with Crippen LogP contribution in [0.5, 0.6) is 5.75 Å². The molecule has 1 aromatic heterocycles. The van der Waals surface area contributed by atoms with Crippen molar-refractivity contribution in [2.45, 2.75) is 39.6 Å². The van der Waals surface area contributed by atoms with Crippen LogP contribution < -0.4 is 9.64 Å². The lowest BCUT2D eigenvalue weighted by atomic mass is 9.94. The van der Waals surface area contributed by atoms with Crippen LogP contribution in [0.1, 0.15) is 42.3 Å². The van der Waals surface area contributed by atoms with Crippen molar-refractivity contribution in [1.82, 2.24) is 10.2 Å². The third kappa shape index (κ3) is 5.63. The van der Waals surface area contributed by atoms with E-state index in [2.05, 4.69) is 28.8 Å². The molecule has 1 saturated heterocycles. The topological polar surface area (TPSA) is 92.6 Å². The summed E-state index contributed by atoms with van der Waals surface area (Å²) in [6.45, 7) is 5.85. The number of carbonyl (C=O) groups is 2. The zero-order valence-electron chi connectivity index (χ0n) is 20.3. The molecule has 4 rings (SSSR count). The molecule has 3 aromatic rings. The lowest BCUT2D eigenvalue weighted by Gasteiger charge is -2.24. The summed E-state index contributed by atoms with van der Waals surface area (Å²) < 4.78 is 41.9. The number of rotatable bonds is 6. The fourth-order valence-electron chi connectivity index (χ4n) is 4.18. The van der Waals surface area contributed by atoms with E-state index in [1.54, 1.807) is 25.1 Å². The van der Waals surface area contributed by atoms with Crippen LogP contribution in [-0.4, -0.2) is 33.4 Å². The molecule has 0 bridgehead atoms. The van der Waals surface area contributed by atoms with Crippen molar-refractivity contribution in [3.8, 4) is 5.75 Å². The first kappa shape index (κ1) is 25.9. The van der Waals surface area contributed by atoms with Gasteiger partial charge in [0.05, 0.1) is 17.3 Å². The van der Waals surface area contributed by atoms with Gasteiger partial charge < -0.3 is 9.84 Å². The van der Waals surface area contributed by atoms with Gasteiger partial charge in [-0.25, -0.2) is 0 Å². The fourth-order valence-corrected chi connectivity index (χ4v) is 4.18. The first-order valence-corrected chi connectivity index (χ1v) is 11.5. The fraction of sp³-hybridized carbons (Fsp3) is 0.259. The number of hydrogen-bond donors (Lipinski definition) is 1. The summed E-state index contributed by atoms with van der Waals surface area (Å²) in [4.78, 5) is 27.4. The predicted molar refractivity (Wildman–Crippen MR) is 130 cm³/mol. The predicted octanol–water partition coefficient (Wildman–Crippen LogP) is 5.51. The summed E-state index contributed by atoms with van der Waals surface area (Å²) in [6.07, 6.45) is -4.06. The number of alkyl halides is 3. The van der Waals surface area contributed by atoms with Crippen molar-refractivity contribution in [1.29, 1.82) is 0 Å². The van der Waals surface area contributed by atoms with Gasteiger partial charge >= 0.3 is 12.3 Å². The lowest BCUT2D eigenvalue weighted by Crippen LogP contribution is -2.30. The van der Waals surface area contributed by atoms with Gasteiger partial charge in [0.1, 0.15) is 11.5 Å². The van der Waals surface area contributed by atoms with Gasteiger partial charge in [-0.05, 0) is 54.7 Å². The minimum Gasteiger partial charge on any atom is -0.507 e. The molecular weight excluding hydrogens is 487 g/mol. The van der Waals surface area contributed by atoms with Crippen molar-refractivity contribution in [2.75, 3.05) is 4.90 Å². The summed E-state index contributed by atoms with van der Waals surface area (Å²) in [6, 6.07) is 13.7. The Morgan fingerprint density at radius 1 is 1.00 bits per heavy atom. The van der Waals surface area contributed by atoms with Crippen molar-refractivity contribution in [3.63, 3.8) is 0 Å². The summed E-state index contributed by atoms with van der Waals surface area (Å²) >= 11 is 0. The average molecular weight is 512 g/mol. The quantitative estimate of drug-likeness (QED) is 0.267. The molecule has 1 aliphatic heterocycles. The Balaban J connectivity index is 1.82. The van der Waals surface area contributed by atoms with E-state index in [4.69, 9.17) is 0 Å². The van der Waals surface area contributed by atoms with E-state index in [1.165, 1.54) is 18.2 Å². The van der Waals surface area contributed by atoms with Crippen molar-refractivity contribution < 1.29 is 32.6 Å². The molecule has 0 radical (unpaired) electrons. The number of amides is 1. The van der Waals surface area contributed by atoms with E-state index in [0.29, 0.717) is 17.2 Å². The molecule has 1 atom stereocenters. The highest BCUT2D eigenvalue weighted by Gasteiger charge is 2.47. The average Bonchev–Trinajstić information content (AvgIpc) is 3.09. The summed E-state index contributed by atoms with van der Waals surface area (Å²) in [5, 5.41) is 19.2. The third-order valence-corrected chi connectivity index (χ3v) is 5.78. The summed E-state index contributed by atoms with van der Waals surface area (Å²) in [5.74, 6) is -2.30. The Morgan fingerprint density at radius 2 is 1.65 bits per heavy atom. The van der Waals surface area contributed by atoms with Gasteiger partial charge in [0, 0.05) is 5.56 Å². The van der Waals surface area contributed by atoms with Crippen LogP contribution in [0.15, 0.2) is 66.2 Å². The Hall–Kier alpha value is -4.21. The number of Topliss-reactive ketones (excluding diaryl/α,β-unsaturated/α-hetero) is 1. The molecule has 0 aliphatic carbocycles. The van der Waals surface area contributed by atoms with E-state index in [9.17, 15) is 27.9 Å². The van der Waals surface area contributed by atoms with Crippen molar-refractivity contribution in [3.05, 3.63) is 88.6 Å². The SMILES string of the molecule is Cc1ccc(N2C(=O)C(=O)C(=C(O)c3ccc(CC(C)C)cc3)C2c2ccc(OC(F)(F)F)cc2)nn1. The zero-order chi connectivity index (χ0) is 26.9. The van der Waals surface area contributed by atoms with Crippen LogP contribution in [0, 0.1) is 12.8 Å². The highest BCUT2D eigenvalue weighted by atomic mass is 19.4. The lowest BCUT2D eigenvalue weighted by molar-refractivity contribution is -0.274.